The number of carbonyl (C=O) groups is 2. The number of hydrogen-bond donors (Lipinski definition) is 3. The van der Waals surface area contributed by atoms with E-state index in [-0.39, 0.29) is 24.5 Å². The Bertz CT molecular complexity index is 733. The van der Waals surface area contributed by atoms with E-state index in [0.29, 0.717) is 0 Å². The van der Waals surface area contributed by atoms with Crippen LogP contribution in [0.5, 0.6) is 0 Å². The van der Waals surface area contributed by atoms with Crippen LogP contribution >= 0.6 is 0 Å². The summed E-state index contributed by atoms with van der Waals surface area (Å²) in [7, 11) is 0. The summed E-state index contributed by atoms with van der Waals surface area (Å²) in [6, 6.07) is 13.7. The van der Waals surface area contributed by atoms with E-state index in [2.05, 4.69) is 10.6 Å². The molecular formula is C18H22N4O2. The molecule has 1 aliphatic rings. The molecule has 1 fully saturated rings. The lowest BCUT2D eigenvalue weighted by molar-refractivity contribution is -0.119. The second kappa shape index (κ2) is 7.31. The molecule has 3 rings (SSSR count). The summed E-state index contributed by atoms with van der Waals surface area (Å²) < 4.78 is 0. The number of nitrogens with two attached hydrogens (primary N) is 1. The van der Waals surface area contributed by atoms with Gasteiger partial charge >= 0.3 is 6.03 Å². The summed E-state index contributed by atoms with van der Waals surface area (Å²) in [5.41, 5.74) is 6.01. The van der Waals surface area contributed by atoms with Crippen LogP contribution in [0.25, 0.3) is 10.8 Å². The third kappa shape index (κ3) is 4.02. The Labute approximate surface area is 141 Å². The fourth-order valence-electron chi connectivity index (χ4n) is 3.13. The number of nitrogens with zero attached hydrogens (tertiary/aromatic N) is 1. The Hall–Kier alpha value is -2.60. The minimum absolute atomic E-state index is 0.115. The molecule has 0 saturated carbocycles. The molecule has 6 heteroatoms. The van der Waals surface area contributed by atoms with Gasteiger partial charge in [0.2, 0.25) is 5.91 Å². The molecule has 4 N–H and O–H groups in total. The first-order valence-corrected chi connectivity index (χ1v) is 8.18. The predicted molar refractivity (Wildman–Crippen MR) is 94.8 cm³/mol. The molecule has 1 heterocycles. The van der Waals surface area contributed by atoms with Crippen molar-refractivity contribution < 1.29 is 9.59 Å². The number of piperidine rings is 1. The maximum atomic E-state index is 12.3. The van der Waals surface area contributed by atoms with Crippen LogP contribution in [0, 0.1) is 0 Å². The second-order valence-corrected chi connectivity index (χ2v) is 6.14. The first kappa shape index (κ1) is 16.3. The van der Waals surface area contributed by atoms with E-state index in [9.17, 15) is 9.59 Å². The van der Waals surface area contributed by atoms with Gasteiger partial charge in [0.05, 0.1) is 12.2 Å². The highest BCUT2D eigenvalue weighted by atomic mass is 16.2. The van der Waals surface area contributed by atoms with Crippen molar-refractivity contribution in [3.8, 4) is 0 Å². The summed E-state index contributed by atoms with van der Waals surface area (Å²) in [6.07, 6.45) is 1.63. The first-order valence-electron chi connectivity index (χ1n) is 8.18. The molecule has 0 radical (unpaired) electrons. The number of carbonyl (C=O) groups excluding carboxylic acids is 2. The summed E-state index contributed by atoms with van der Waals surface area (Å²) in [4.78, 5) is 25.2. The van der Waals surface area contributed by atoms with E-state index in [4.69, 9.17) is 5.73 Å². The molecule has 0 unspecified atom stereocenters. The number of likely N-dealkylation sites (tertiary alicyclic amines) is 1. The fraction of sp³-hybridized carbons (Fsp3) is 0.333. The van der Waals surface area contributed by atoms with Crippen LogP contribution in [0.15, 0.2) is 42.5 Å². The molecular weight excluding hydrogens is 304 g/mol. The van der Waals surface area contributed by atoms with Gasteiger partial charge in [0.1, 0.15) is 0 Å². The van der Waals surface area contributed by atoms with E-state index in [1.54, 1.807) is 0 Å². The average molecular weight is 326 g/mol. The molecule has 126 valence electrons. The van der Waals surface area contributed by atoms with Crippen LogP contribution in [0.1, 0.15) is 12.8 Å². The summed E-state index contributed by atoms with van der Waals surface area (Å²) in [6.45, 7) is 1.82. The highest BCUT2D eigenvalue weighted by Gasteiger charge is 2.21. The van der Waals surface area contributed by atoms with Crippen molar-refractivity contribution in [1.82, 2.24) is 10.2 Å². The number of hydrogen-bond acceptors (Lipinski definition) is 3. The van der Waals surface area contributed by atoms with Crippen molar-refractivity contribution in [2.75, 3.05) is 25.0 Å². The van der Waals surface area contributed by atoms with Crippen molar-refractivity contribution in [2.24, 2.45) is 5.73 Å². The van der Waals surface area contributed by atoms with Gasteiger partial charge in [0.25, 0.3) is 0 Å². The molecule has 6 nitrogen and oxygen atoms in total. The quantitative estimate of drug-likeness (QED) is 0.802. The monoisotopic (exact) mass is 326 g/mol. The van der Waals surface area contributed by atoms with Crippen LogP contribution in [-0.2, 0) is 4.79 Å². The van der Waals surface area contributed by atoms with Gasteiger partial charge < -0.3 is 16.4 Å². The minimum atomic E-state index is -0.310. The number of urea groups is 1. The van der Waals surface area contributed by atoms with E-state index >= 15 is 0 Å². The Morgan fingerprint density at radius 3 is 2.54 bits per heavy atom. The van der Waals surface area contributed by atoms with Crippen LogP contribution in [0.4, 0.5) is 10.5 Å². The molecule has 0 spiro atoms. The topological polar surface area (TPSA) is 87.5 Å². The lowest BCUT2D eigenvalue weighted by Crippen LogP contribution is -2.47. The van der Waals surface area contributed by atoms with Crippen molar-refractivity contribution in [1.29, 1.82) is 0 Å². The zero-order chi connectivity index (χ0) is 16.9. The zero-order valence-electron chi connectivity index (χ0n) is 13.5. The molecule has 2 aromatic rings. The number of rotatable bonds is 4. The molecule has 0 bridgehead atoms. The normalized spacial score (nSPS) is 16.0. The fourth-order valence-corrected chi connectivity index (χ4v) is 3.13. The van der Waals surface area contributed by atoms with Gasteiger partial charge in [0.15, 0.2) is 0 Å². The van der Waals surface area contributed by atoms with Gasteiger partial charge in [-0.3, -0.25) is 9.69 Å². The minimum Gasteiger partial charge on any atom is -0.369 e. The molecule has 1 aliphatic heterocycles. The molecule has 1 saturated heterocycles. The lowest BCUT2D eigenvalue weighted by atomic mass is 10.1. The van der Waals surface area contributed by atoms with Gasteiger partial charge in [-0.25, -0.2) is 4.79 Å². The number of amides is 3. The lowest BCUT2D eigenvalue weighted by Gasteiger charge is -2.31. The van der Waals surface area contributed by atoms with Gasteiger partial charge in [-0.1, -0.05) is 36.4 Å². The van der Waals surface area contributed by atoms with E-state index in [0.717, 1.165) is 42.4 Å². The highest BCUT2D eigenvalue weighted by molar-refractivity contribution is 6.01. The van der Waals surface area contributed by atoms with Gasteiger partial charge in [0, 0.05) is 24.5 Å². The highest BCUT2D eigenvalue weighted by Crippen LogP contribution is 2.22. The largest absolute Gasteiger partial charge is 0.369 e. The number of benzene rings is 2. The first-order chi connectivity index (χ1) is 11.6. The van der Waals surface area contributed by atoms with Crippen LogP contribution in [-0.4, -0.2) is 42.5 Å². The molecule has 0 aromatic heterocycles. The standard InChI is InChI=1S/C18H22N4O2/c19-17(23)12-22-10-8-14(9-11-22)20-18(24)21-16-7-3-5-13-4-1-2-6-15(13)16/h1-7,14H,8-12H2,(H2,19,23)(H2,20,21,24). The van der Waals surface area contributed by atoms with Crippen LogP contribution in [0.2, 0.25) is 0 Å². The third-order valence-electron chi connectivity index (χ3n) is 4.34. The Morgan fingerprint density at radius 1 is 1.08 bits per heavy atom. The SMILES string of the molecule is NC(=O)CN1CCC(NC(=O)Nc2cccc3ccccc23)CC1. The Balaban J connectivity index is 1.55. The van der Waals surface area contributed by atoms with Gasteiger partial charge in [-0.05, 0) is 24.3 Å². The number of nitrogens with one attached hydrogen (secondary N) is 2. The smallest absolute Gasteiger partial charge is 0.319 e. The second-order valence-electron chi connectivity index (χ2n) is 6.14. The Morgan fingerprint density at radius 2 is 1.79 bits per heavy atom. The maximum absolute atomic E-state index is 12.3. The summed E-state index contributed by atoms with van der Waals surface area (Å²) in [5, 5.41) is 8.06. The Kier molecular flexibility index (Phi) is 4.96. The number of primary amides is 1. The summed E-state index contributed by atoms with van der Waals surface area (Å²) in [5.74, 6) is -0.310. The third-order valence-corrected chi connectivity index (χ3v) is 4.34. The van der Waals surface area contributed by atoms with Gasteiger partial charge in [-0.15, -0.1) is 0 Å². The maximum Gasteiger partial charge on any atom is 0.319 e. The van der Waals surface area contributed by atoms with Crippen molar-refractivity contribution >= 4 is 28.4 Å². The molecule has 0 aliphatic carbocycles. The average Bonchev–Trinajstić information content (AvgIpc) is 2.56. The van der Waals surface area contributed by atoms with Gasteiger partial charge in [-0.2, -0.15) is 0 Å². The molecule has 24 heavy (non-hydrogen) atoms. The van der Waals surface area contributed by atoms with Crippen LogP contribution in [0.3, 0.4) is 0 Å². The zero-order valence-corrected chi connectivity index (χ0v) is 13.5. The number of anilines is 1. The molecule has 0 atom stereocenters. The van der Waals surface area contributed by atoms with Crippen molar-refractivity contribution in [3.05, 3.63) is 42.5 Å². The summed E-state index contributed by atoms with van der Waals surface area (Å²) >= 11 is 0. The van der Waals surface area contributed by atoms with E-state index < -0.39 is 0 Å². The number of fused-ring (bicyclic) bond motifs is 1. The predicted octanol–water partition coefficient (Wildman–Crippen LogP) is 1.91. The van der Waals surface area contributed by atoms with Crippen LogP contribution < -0.4 is 16.4 Å². The van der Waals surface area contributed by atoms with E-state index in [1.165, 1.54) is 0 Å². The van der Waals surface area contributed by atoms with Crippen molar-refractivity contribution in [2.45, 2.75) is 18.9 Å². The van der Waals surface area contributed by atoms with E-state index in [1.807, 2.05) is 47.4 Å². The molecule has 3 amide bonds. The van der Waals surface area contributed by atoms with Crippen molar-refractivity contribution in [3.63, 3.8) is 0 Å². The molecule has 2 aromatic carbocycles.